The minimum absolute atomic E-state index is 0.881. The van der Waals surface area contributed by atoms with Crippen molar-refractivity contribution in [2.75, 3.05) is 4.90 Å². The van der Waals surface area contributed by atoms with Crippen molar-refractivity contribution >= 4 is 82.1 Å². The third-order valence-corrected chi connectivity index (χ3v) is 9.82. The molecule has 2 nitrogen and oxygen atoms in total. The molecule has 0 saturated carbocycles. The molecule has 0 fully saturated rings. The van der Waals surface area contributed by atoms with Crippen molar-refractivity contribution in [2.24, 2.45) is 0 Å². The van der Waals surface area contributed by atoms with Crippen molar-refractivity contribution in [3.63, 3.8) is 0 Å². The monoisotopic (exact) mass is 611 g/mol. The molecule has 48 heavy (non-hydrogen) atoms. The van der Waals surface area contributed by atoms with Crippen LogP contribution in [0.2, 0.25) is 0 Å². The predicted molar refractivity (Wildman–Crippen MR) is 204 cm³/mol. The molecule has 0 aliphatic rings. The third kappa shape index (κ3) is 4.06. The van der Waals surface area contributed by atoms with Crippen LogP contribution in [0.15, 0.2) is 180 Å². The normalized spacial score (nSPS) is 11.8. The maximum Gasteiger partial charge on any atom is 0.143 e. The van der Waals surface area contributed by atoms with Gasteiger partial charge in [-0.15, -0.1) is 0 Å². The van der Waals surface area contributed by atoms with Gasteiger partial charge in [-0.25, -0.2) is 0 Å². The Labute approximate surface area is 277 Å². The molecule has 10 aromatic rings. The van der Waals surface area contributed by atoms with Gasteiger partial charge in [-0.05, 0) is 91.3 Å². The lowest BCUT2D eigenvalue weighted by atomic mass is 9.92. The van der Waals surface area contributed by atoms with Crippen LogP contribution in [0.25, 0.3) is 76.2 Å². The molecule has 0 saturated heterocycles. The number of nitrogens with zero attached hydrogens (tertiary/aromatic N) is 1. The minimum Gasteiger partial charge on any atom is -0.455 e. The summed E-state index contributed by atoms with van der Waals surface area (Å²) in [4.78, 5) is 2.35. The molecular weight excluding hydrogens is 583 g/mol. The summed E-state index contributed by atoms with van der Waals surface area (Å²) in [6.07, 6.45) is 0. The van der Waals surface area contributed by atoms with Crippen molar-refractivity contribution in [3.8, 4) is 11.1 Å². The highest BCUT2D eigenvalue weighted by Crippen LogP contribution is 2.45. The van der Waals surface area contributed by atoms with E-state index in [2.05, 4.69) is 181 Å². The van der Waals surface area contributed by atoms with Gasteiger partial charge in [0.25, 0.3) is 0 Å². The van der Waals surface area contributed by atoms with Crippen molar-refractivity contribution in [1.82, 2.24) is 0 Å². The van der Waals surface area contributed by atoms with Crippen molar-refractivity contribution in [2.45, 2.75) is 0 Å². The summed E-state index contributed by atoms with van der Waals surface area (Å²) in [5.74, 6) is 0. The molecule has 0 radical (unpaired) electrons. The minimum atomic E-state index is 0.881. The van der Waals surface area contributed by atoms with E-state index < -0.39 is 0 Å². The van der Waals surface area contributed by atoms with Crippen molar-refractivity contribution in [3.05, 3.63) is 176 Å². The van der Waals surface area contributed by atoms with Crippen LogP contribution in [0, 0.1) is 0 Å². The van der Waals surface area contributed by atoms with E-state index in [1.54, 1.807) is 0 Å². The molecule has 9 aromatic carbocycles. The summed E-state index contributed by atoms with van der Waals surface area (Å²) < 4.78 is 6.58. The fourth-order valence-corrected chi connectivity index (χ4v) is 7.63. The second kappa shape index (κ2) is 10.6. The van der Waals surface area contributed by atoms with Crippen molar-refractivity contribution < 1.29 is 4.42 Å². The first-order chi connectivity index (χ1) is 23.8. The lowest BCUT2D eigenvalue weighted by Crippen LogP contribution is -2.10. The highest BCUT2D eigenvalue weighted by Gasteiger charge is 2.20. The zero-order valence-electron chi connectivity index (χ0n) is 26.1. The maximum atomic E-state index is 6.58. The van der Waals surface area contributed by atoms with E-state index in [1.807, 2.05) is 0 Å². The van der Waals surface area contributed by atoms with E-state index in [0.717, 1.165) is 44.4 Å². The lowest BCUT2D eigenvalue weighted by Gasteiger charge is -2.26. The highest BCUT2D eigenvalue weighted by atomic mass is 16.3. The number of furan rings is 1. The van der Waals surface area contributed by atoms with Gasteiger partial charge in [0, 0.05) is 22.1 Å². The average molecular weight is 612 g/mol. The molecule has 224 valence electrons. The van der Waals surface area contributed by atoms with Crippen LogP contribution < -0.4 is 4.90 Å². The third-order valence-electron chi connectivity index (χ3n) is 9.82. The predicted octanol–water partition coefficient (Wildman–Crippen LogP) is 13.3. The Morgan fingerprint density at radius 3 is 1.83 bits per heavy atom. The van der Waals surface area contributed by atoms with Gasteiger partial charge in [0.15, 0.2) is 0 Å². The van der Waals surface area contributed by atoms with Gasteiger partial charge < -0.3 is 9.32 Å². The molecule has 10 rings (SSSR count). The summed E-state index contributed by atoms with van der Waals surface area (Å²) in [5.41, 5.74) is 7.50. The number of hydrogen-bond donors (Lipinski definition) is 0. The summed E-state index contributed by atoms with van der Waals surface area (Å²) in [5, 5.41) is 12.2. The molecule has 0 aliphatic heterocycles. The van der Waals surface area contributed by atoms with Gasteiger partial charge in [-0.1, -0.05) is 133 Å². The maximum absolute atomic E-state index is 6.58. The topological polar surface area (TPSA) is 16.4 Å². The van der Waals surface area contributed by atoms with Gasteiger partial charge in [0.2, 0.25) is 0 Å². The number of para-hydroxylation sites is 1. The first kappa shape index (κ1) is 26.8. The van der Waals surface area contributed by atoms with E-state index >= 15 is 0 Å². The quantitative estimate of drug-likeness (QED) is 0.184. The number of hydrogen-bond acceptors (Lipinski definition) is 2. The molecule has 2 heteroatoms. The van der Waals surface area contributed by atoms with E-state index in [4.69, 9.17) is 4.42 Å². The summed E-state index contributed by atoms with van der Waals surface area (Å²) >= 11 is 0. The largest absolute Gasteiger partial charge is 0.455 e. The first-order valence-electron chi connectivity index (χ1n) is 16.4. The van der Waals surface area contributed by atoms with Crippen LogP contribution in [-0.2, 0) is 0 Å². The smallest absolute Gasteiger partial charge is 0.143 e. The number of anilines is 3. The van der Waals surface area contributed by atoms with Crippen LogP contribution in [0.1, 0.15) is 0 Å². The van der Waals surface area contributed by atoms with E-state index in [9.17, 15) is 0 Å². The molecule has 0 N–H and O–H groups in total. The van der Waals surface area contributed by atoms with Crippen LogP contribution >= 0.6 is 0 Å². The molecule has 0 amide bonds. The fraction of sp³-hybridized carbons (Fsp3) is 0. The van der Waals surface area contributed by atoms with Gasteiger partial charge in [-0.2, -0.15) is 0 Å². The Morgan fingerprint density at radius 2 is 0.979 bits per heavy atom. The van der Waals surface area contributed by atoms with Crippen LogP contribution in [0.3, 0.4) is 0 Å². The zero-order chi connectivity index (χ0) is 31.6. The molecule has 0 aliphatic carbocycles. The molecule has 1 aromatic heterocycles. The van der Waals surface area contributed by atoms with Gasteiger partial charge in [0.1, 0.15) is 11.2 Å². The van der Waals surface area contributed by atoms with E-state index in [0.29, 0.717) is 0 Å². The van der Waals surface area contributed by atoms with Gasteiger partial charge >= 0.3 is 0 Å². The standard InChI is InChI=1S/C46H29NO/c1-2-12-34(13-3-1)47(42-18-9-19-43-45(42)41-29-24-31-11-5-7-15-38(31)46(41)48-43)35-26-22-32(23-27-35)36-16-8-17-40-39(36)28-25-33-21-20-30-10-4-6-14-37(30)44(33)40/h1-29H. The second-order valence-electron chi connectivity index (χ2n) is 12.5. The molecule has 0 bridgehead atoms. The van der Waals surface area contributed by atoms with Crippen LogP contribution in [0.4, 0.5) is 17.1 Å². The summed E-state index contributed by atoms with van der Waals surface area (Å²) in [6.45, 7) is 0. The van der Waals surface area contributed by atoms with E-state index in [-0.39, 0.29) is 0 Å². The summed E-state index contributed by atoms with van der Waals surface area (Å²) in [7, 11) is 0. The Morgan fingerprint density at radius 1 is 0.354 bits per heavy atom. The second-order valence-corrected chi connectivity index (χ2v) is 12.5. The van der Waals surface area contributed by atoms with Gasteiger partial charge in [-0.3, -0.25) is 0 Å². The zero-order valence-corrected chi connectivity index (χ0v) is 26.1. The summed E-state index contributed by atoms with van der Waals surface area (Å²) in [6, 6.07) is 63.2. The van der Waals surface area contributed by atoms with Crippen LogP contribution in [0.5, 0.6) is 0 Å². The number of benzene rings is 9. The number of fused-ring (bicyclic) bond motifs is 10. The number of rotatable bonds is 4. The van der Waals surface area contributed by atoms with Crippen molar-refractivity contribution in [1.29, 1.82) is 0 Å². The lowest BCUT2D eigenvalue weighted by molar-refractivity contribution is 0.672. The Kier molecular flexibility index (Phi) is 5.91. The Balaban J connectivity index is 1.15. The molecule has 0 unspecified atom stereocenters. The molecule has 0 atom stereocenters. The fourth-order valence-electron chi connectivity index (χ4n) is 7.63. The average Bonchev–Trinajstić information content (AvgIpc) is 3.55. The van der Waals surface area contributed by atoms with E-state index in [1.165, 1.54) is 48.8 Å². The van der Waals surface area contributed by atoms with Crippen LogP contribution in [-0.4, -0.2) is 0 Å². The molecule has 0 spiro atoms. The molecular formula is C46H29NO. The molecule has 1 heterocycles. The van der Waals surface area contributed by atoms with Gasteiger partial charge in [0.05, 0.1) is 11.1 Å². The first-order valence-corrected chi connectivity index (χ1v) is 16.4. The Bertz CT molecular complexity index is 2830. The SMILES string of the molecule is c1ccc(N(c2ccc(-c3cccc4c3ccc3ccc5ccccc5c34)cc2)c2cccc3oc4c5ccccc5ccc4c23)cc1. The Hall–Kier alpha value is -6.38. The highest BCUT2D eigenvalue weighted by molar-refractivity contribution is 6.22.